The maximum absolute atomic E-state index is 11.4. The molecule has 2 aromatic rings. The van der Waals surface area contributed by atoms with Crippen molar-refractivity contribution in [2.24, 2.45) is 0 Å². The van der Waals surface area contributed by atoms with E-state index in [0.717, 1.165) is 16.7 Å². The lowest BCUT2D eigenvalue weighted by Gasteiger charge is -2.06. The molecule has 2 rings (SSSR count). The number of benzene rings is 2. The van der Waals surface area contributed by atoms with Crippen LogP contribution in [0.15, 0.2) is 48.5 Å². The van der Waals surface area contributed by atoms with Gasteiger partial charge in [-0.2, -0.15) is 0 Å². The molecule has 1 N–H and O–H groups in total. The quantitative estimate of drug-likeness (QED) is 0.669. The molecule has 0 amide bonds. The summed E-state index contributed by atoms with van der Waals surface area (Å²) in [5.41, 5.74) is 2.75. The molecule has 3 heteroatoms. The molecule has 0 aliphatic carbocycles. The Morgan fingerprint density at radius 1 is 1.11 bits per heavy atom. The fraction of sp³-hybridized carbons (Fsp3) is 0.0625. The number of hydrogen-bond donors (Lipinski definition) is 1. The fourth-order valence-corrected chi connectivity index (χ4v) is 1.98. The number of aryl methyl sites for hydroxylation is 1. The number of halogens is 1. The molecular formula is C16H13ClO2. The van der Waals surface area contributed by atoms with Gasteiger partial charge in [-0.3, -0.25) is 0 Å². The van der Waals surface area contributed by atoms with E-state index in [9.17, 15) is 9.90 Å². The van der Waals surface area contributed by atoms with Crippen LogP contribution in [0.2, 0.25) is 5.02 Å². The second-order valence-electron chi connectivity index (χ2n) is 4.23. The first-order valence-corrected chi connectivity index (χ1v) is 6.22. The normalized spacial score (nSPS) is 11.4. The Balaban J connectivity index is 2.50. The first-order valence-electron chi connectivity index (χ1n) is 5.84. The number of carboxylic acids is 1. The van der Waals surface area contributed by atoms with Crippen molar-refractivity contribution >= 4 is 29.2 Å². The molecule has 2 aromatic carbocycles. The van der Waals surface area contributed by atoms with Gasteiger partial charge in [-0.15, -0.1) is 0 Å². The minimum Gasteiger partial charge on any atom is -0.478 e. The number of hydrogen-bond acceptors (Lipinski definition) is 1. The Kier molecular flexibility index (Phi) is 4.03. The van der Waals surface area contributed by atoms with Crippen LogP contribution in [0.25, 0.3) is 11.6 Å². The smallest absolute Gasteiger partial charge is 0.336 e. The molecule has 0 unspecified atom stereocenters. The topological polar surface area (TPSA) is 37.3 Å². The highest BCUT2D eigenvalue weighted by Crippen LogP contribution is 2.22. The van der Waals surface area contributed by atoms with E-state index in [2.05, 4.69) is 0 Å². The maximum atomic E-state index is 11.4. The summed E-state index contributed by atoms with van der Waals surface area (Å²) in [6, 6.07) is 14.5. The Hall–Kier alpha value is -2.06. The molecule has 0 fully saturated rings. The van der Waals surface area contributed by atoms with Crippen LogP contribution in [0.5, 0.6) is 0 Å². The van der Waals surface area contributed by atoms with Crippen molar-refractivity contribution < 1.29 is 9.90 Å². The minimum atomic E-state index is -0.941. The molecule has 0 aromatic heterocycles. The number of rotatable bonds is 3. The highest BCUT2D eigenvalue weighted by atomic mass is 35.5. The van der Waals surface area contributed by atoms with Gasteiger partial charge < -0.3 is 5.11 Å². The van der Waals surface area contributed by atoms with E-state index in [0.29, 0.717) is 5.02 Å². The van der Waals surface area contributed by atoms with Crippen LogP contribution in [-0.2, 0) is 4.79 Å². The molecule has 0 spiro atoms. The van der Waals surface area contributed by atoms with Crippen molar-refractivity contribution in [2.45, 2.75) is 6.92 Å². The number of carbonyl (C=O) groups is 1. The molecule has 0 saturated carbocycles. The van der Waals surface area contributed by atoms with Crippen molar-refractivity contribution in [3.63, 3.8) is 0 Å². The third-order valence-electron chi connectivity index (χ3n) is 2.85. The van der Waals surface area contributed by atoms with Gasteiger partial charge in [0.05, 0.1) is 5.57 Å². The second kappa shape index (κ2) is 5.72. The average Bonchev–Trinajstić information content (AvgIpc) is 2.39. The highest BCUT2D eigenvalue weighted by molar-refractivity contribution is 6.30. The van der Waals surface area contributed by atoms with E-state index in [4.69, 9.17) is 11.6 Å². The van der Waals surface area contributed by atoms with Gasteiger partial charge >= 0.3 is 5.97 Å². The van der Waals surface area contributed by atoms with Gasteiger partial charge in [-0.25, -0.2) is 4.79 Å². The summed E-state index contributed by atoms with van der Waals surface area (Å²) in [4.78, 5) is 11.4. The summed E-state index contributed by atoms with van der Waals surface area (Å²) in [7, 11) is 0. The largest absolute Gasteiger partial charge is 0.478 e. The van der Waals surface area contributed by atoms with Crippen molar-refractivity contribution in [2.75, 3.05) is 0 Å². The van der Waals surface area contributed by atoms with E-state index >= 15 is 0 Å². The summed E-state index contributed by atoms with van der Waals surface area (Å²) in [5, 5.41) is 10.0. The molecule has 0 heterocycles. The molecule has 0 saturated heterocycles. The SMILES string of the molecule is Cc1ccccc1/C(=C\c1ccc(Cl)cc1)C(=O)O. The minimum absolute atomic E-state index is 0.278. The van der Waals surface area contributed by atoms with Gasteiger partial charge in [0.15, 0.2) is 0 Å². The van der Waals surface area contributed by atoms with E-state index in [1.165, 1.54) is 0 Å². The van der Waals surface area contributed by atoms with Gasteiger partial charge in [0.25, 0.3) is 0 Å². The zero-order valence-electron chi connectivity index (χ0n) is 10.4. The van der Waals surface area contributed by atoms with E-state index < -0.39 is 5.97 Å². The molecule has 0 aliphatic heterocycles. The number of aliphatic carboxylic acids is 1. The van der Waals surface area contributed by atoms with Crippen molar-refractivity contribution in [1.82, 2.24) is 0 Å². The Morgan fingerprint density at radius 3 is 2.32 bits per heavy atom. The van der Waals surface area contributed by atoms with Crippen LogP contribution >= 0.6 is 11.6 Å². The lowest BCUT2D eigenvalue weighted by Crippen LogP contribution is -2.01. The predicted molar refractivity (Wildman–Crippen MR) is 78.1 cm³/mol. The van der Waals surface area contributed by atoms with Crippen LogP contribution in [0.4, 0.5) is 0 Å². The Morgan fingerprint density at radius 2 is 1.74 bits per heavy atom. The Bertz CT molecular complexity index is 627. The molecule has 2 nitrogen and oxygen atoms in total. The third kappa shape index (κ3) is 3.24. The summed E-state index contributed by atoms with van der Waals surface area (Å²) >= 11 is 5.82. The van der Waals surface area contributed by atoms with Crippen LogP contribution in [-0.4, -0.2) is 11.1 Å². The molecule has 0 bridgehead atoms. The molecule has 0 radical (unpaired) electrons. The van der Waals surface area contributed by atoms with E-state index in [1.54, 1.807) is 30.3 Å². The molecule has 0 atom stereocenters. The summed E-state index contributed by atoms with van der Waals surface area (Å²) in [6.07, 6.45) is 1.65. The van der Waals surface area contributed by atoms with Crippen LogP contribution in [0, 0.1) is 6.92 Å². The van der Waals surface area contributed by atoms with Gasteiger partial charge in [-0.1, -0.05) is 48.0 Å². The highest BCUT2D eigenvalue weighted by Gasteiger charge is 2.12. The molecular weight excluding hydrogens is 260 g/mol. The number of carboxylic acid groups (broad SMARTS) is 1. The lowest BCUT2D eigenvalue weighted by atomic mass is 9.98. The predicted octanol–water partition coefficient (Wildman–Crippen LogP) is 4.27. The van der Waals surface area contributed by atoms with E-state index in [-0.39, 0.29) is 5.57 Å². The molecule has 19 heavy (non-hydrogen) atoms. The van der Waals surface area contributed by atoms with Gasteiger partial charge in [0.2, 0.25) is 0 Å². The van der Waals surface area contributed by atoms with Crippen molar-refractivity contribution in [3.8, 4) is 0 Å². The molecule has 0 aliphatic rings. The summed E-state index contributed by atoms with van der Waals surface area (Å²) < 4.78 is 0. The standard InChI is InChI=1S/C16H13ClO2/c1-11-4-2-3-5-14(11)15(16(18)19)10-12-6-8-13(17)9-7-12/h2-10H,1H3,(H,18,19)/b15-10+. The second-order valence-corrected chi connectivity index (χ2v) is 4.67. The van der Waals surface area contributed by atoms with Crippen LogP contribution < -0.4 is 0 Å². The lowest BCUT2D eigenvalue weighted by molar-refractivity contribution is -0.130. The van der Waals surface area contributed by atoms with Gasteiger partial charge in [0, 0.05) is 5.02 Å². The van der Waals surface area contributed by atoms with Crippen LogP contribution in [0.1, 0.15) is 16.7 Å². The summed E-state index contributed by atoms with van der Waals surface area (Å²) in [5.74, 6) is -0.941. The van der Waals surface area contributed by atoms with Crippen molar-refractivity contribution in [1.29, 1.82) is 0 Å². The van der Waals surface area contributed by atoms with Crippen molar-refractivity contribution in [3.05, 3.63) is 70.2 Å². The first kappa shape index (κ1) is 13.4. The van der Waals surface area contributed by atoms with Crippen LogP contribution in [0.3, 0.4) is 0 Å². The monoisotopic (exact) mass is 272 g/mol. The maximum Gasteiger partial charge on any atom is 0.336 e. The fourth-order valence-electron chi connectivity index (χ4n) is 1.86. The van der Waals surface area contributed by atoms with E-state index in [1.807, 2.05) is 31.2 Å². The Labute approximate surface area is 117 Å². The average molecular weight is 273 g/mol. The first-order chi connectivity index (χ1) is 9.08. The zero-order valence-corrected chi connectivity index (χ0v) is 11.2. The van der Waals surface area contributed by atoms with Gasteiger partial charge in [-0.05, 0) is 41.8 Å². The van der Waals surface area contributed by atoms with Gasteiger partial charge in [0.1, 0.15) is 0 Å². The zero-order chi connectivity index (χ0) is 13.8. The summed E-state index contributed by atoms with van der Waals surface area (Å²) in [6.45, 7) is 1.90. The molecule has 96 valence electrons. The third-order valence-corrected chi connectivity index (χ3v) is 3.10.